The second-order valence-electron chi connectivity index (χ2n) is 6.67. The third-order valence-corrected chi connectivity index (χ3v) is 4.65. The summed E-state index contributed by atoms with van der Waals surface area (Å²) in [6.07, 6.45) is 1.70. The lowest BCUT2D eigenvalue weighted by molar-refractivity contribution is -0.119. The van der Waals surface area contributed by atoms with Crippen LogP contribution < -0.4 is 10.6 Å². The Morgan fingerprint density at radius 3 is 2.76 bits per heavy atom. The van der Waals surface area contributed by atoms with Crippen molar-refractivity contribution in [1.29, 1.82) is 0 Å². The molecule has 1 aliphatic heterocycles. The topological polar surface area (TPSA) is 71.1 Å². The highest BCUT2D eigenvalue weighted by Crippen LogP contribution is 2.37. The third-order valence-electron chi connectivity index (χ3n) is 4.65. The number of amides is 2. The summed E-state index contributed by atoms with van der Waals surface area (Å²) < 4.78 is 0. The van der Waals surface area contributed by atoms with Crippen molar-refractivity contribution in [2.75, 3.05) is 10.6 Å². The van der Waals surface area contributed by atoms with Gasteiger partial charge in [0.25, 0.3) is 5.91 Å². The number of fused-ring (bicyclic) bond motifs is 2. The molecule has 25 heavy (non-hydrogen) atoms. The molecule has 4 rings (SSSR count). The van der Waals surface area contributed by atoms with Crippen LogP contribution in [0.1, 0.15) is 29.8 Å². The number of hydrogen-bond acceptors (Lipinski definition) is 3. The molecule has 1 aromatic heterocycles. The van der Waals surface area contributed by atoms with Crippen molar-refractivity contribution in [1.82, 2.24) is 4.98 Å². The molecule has 0 fully saturated rings. The lowest BCUT2D eigenvalue weighted by atomic mass is 9.85. The molecule has 0 unspecified atom stereocenters. The first-order valence-corrected chi connectivity index (χ1v) is 8.08. The smallest absolute Gasteiger partial charge is 0.255 e. The Bertz CT molecular complexity index is 1020. The number of anilines is 2. The van der Waals surface area contributed by atoms with Gasteiger partial charge in [0, 0.05) is 22.8 Å². The summed E-state index contributed by atoms with van der Waals surface area (Å²) in [5, 5.41) is 6.73. The fourth-order valence-electron chi connectivity index (χ4n) is 3.11. The van der Waals surface area contributed by atoms with Crippen LogP contribution in [-0.4, -0.2) is 16.8 Å². The molecule has 5 nitrogen and oxygen atoms in total. The maximum Gasteiger partial charge on any atom is 0.255 e. The molecule has 0 bridgehead atoms. The van der Waals surface area contributed by atoms with Crippen LogP contribution in [0.15, 0.2) is 54.7 Å². The van der Waals surface area contributed by atoms with Gasteiger partial charge in [0.1, 0.15) is 0 Å². The van der Waals surface area contributed by atoms with Gasteiger partial charge in [-0.2, -0.15) is 0 Å². The Labute approximate surface area is 145 Å². The lowest BCUT2D eigenvalue weighted by Gasteiger charge is -2.16. The van der Waals surface area contributed by atoms with Crippen LogP contribution >= 0.6 is 0 Å². The number of carbonyl (C=O) groups excluding carboxylic acids is 2. The SMILES string of the molecule is CC1(C)C(=O)Nc2ccc(C(=O)Nc3cccc4cccnc34)cc21. The summed E-state index contributed by atoms with van der Waals surface area (Å²) in [4.78, 5) is 29.1. The van der Waals surface area contributed by atoms with E-state index in [0.29, 0.717) is 11.3 Å². The van der Waals surface area contributed by atoms with Crippen molar-refractivity contribution in [3.05, 3.63) is 65.9 Å². The first kappa shape index (κ1) is 15.3. The van der Waals surface area contributed by atoms with Crippen LogP contribution in [0.3, 0.4) is 0 Å². The highest BCUT2D eigenvalue weighted by Gasteiger charge is 2.38. The number of para-hydroxylation sites is 1. The van der Waals surface area contributed by atoms with Crippen molar-refractivity contribution in [3.63, 3.8) is 0 Å². The van der Waals surface area contributed by atoms with E-state index in [1.807, 2.05) is 44.2 Å². The van der Waals surface area contributed by atoms with Crippen molar-refractivity contribution >= 4 is 34.1 Å². The van der Waals surface area contributed by atoms with E-state index in [-0.39, 0.29) is 11.8 Å². The minimum atomic E-state index is -0.646. The average molecular weight is 331 g/mol. The number of rotatable bonds is 2. The normalized spacial score (nSPS) is 14.9. The summed E-state index contributed by atoms with van der Waals surface area (Å²) in [6, 6.07) is 14.7. The molecule has 0 radical (unpaired) electrons. The summed E-state index contributed by atoms with van der Waals surface area (Å²) in [6.45, 7) is 3.70. The number of carbonyl (C=O) groups is 2. The fourth-order valence-corrected chi connectivity index (χ4v) is 3.11. The van der Waals surface area contributed by atoms with Gasteiger partial charge in [-0.15, -0.1) is 0 Å². The molecular weight excluding hydrogens is 314 g/mol. The highest BCUT2D eigenvalue weighted by atomic mass is 16.2. The van der Waals surface area contributed by atoms with Crippen molar-refractivity contribution in [3.8, 4) is 0 Å². The first-order chi connectivity index (χ1) is 12.0. The maximum atomic E-state index is 12.7. The number of aromatic nitrogens is 1. The van der Waals surface area contributed by atoms with Crippen molar-refractivity contribution in [2.45, 2.75) is 19.3 Å². The first-order valence-electron chi connectivity index (χ1n) is 8.08. The second kappa shape index (κ2) is 5.41. The molecule has 1 aliphatic rings. The Balaban J connectivity index is 1.69. The second-order valence-corrected chi connectivity index (χ2v) is 6.67. The van der Waals surface area contributed by atoms with Gasteiger partial charge in [0.15, 0.2) is 0 Å². The van der Waals surface area contributed by atoms with E-state index in [4.69, 9.17) is 0 Å². The summed E-state index contributed by atoms with van der Waals surface area (Å²) >= 11 is 0. The van der Waals surface area contributed by atoms with Gasteiger partial charge < -0.3 is 10.6 Å². The van der Waals surface area contributed by atoms with Gasteiger partial charge in [-0.05, 0) is 49.7 Å². The minimum absolute atomic E-state index is 0.0571. The van der Waals surface area contributed by atoms with E-state index >= 15 is 0 Å². The number of pyridine rings is 1. The zero-order chi connectivity index (χ0) is 17.6. The van der Waals surface area contributed by atoms with Gasteiger partial charge in [-0.3, -0.25) is 14.6 Å². The molecule has 2 N–H and O–H groups in total. The molecular formula is C20H17N3O2. The van der Waals surface area contributed by atoms with Crippen LogP contribution in [0.2, 0.25) is 0 Å². The Morgan fingerprint density at radius 2 is 1.92 bits per heavy atom. The quantitative estimate of drug-likeness (QED) is 0.752. The van der Waals surface area contributed by atoms with Crippen LogP contribution in [0.5, 0.6) is 0 Å². The van der Waals surface area contributed by atoms with E-state index < -0.39 is 5.41 Å². The Kier molecular flexibility index (Phi) is 3.32. The predicted octanol–water partition coefficient (Wildman–Crippen LogP) is 3.72. The molecule has 0 atom stereocenters. The van der Waals surface area contributed by atoms with E-state index in [0.717, 1.165) is 22.2 Å². The molecule has 0 saturated carbocycles. The molecule has 3 aromatic rings. The number of hydrogen-bond donors (Lipinski definition) is 2. The van der Waals surface area contributed by atoms with E-state index in [2.05, 4.69) is 15.6 Å². The molecule has 0 spiro atoms. The number of benzene rings is 2. The molecule has 0 saturated heterocycles. The van der Waals surface area contributed by atoms with Crippen LogP contribution in [-0.2, 0) is 10.2 Å². The molecule has 0 aliphatic carbocycles. The van der Waals surface area contributed by atoms with Gasteiger partial charge >= 0.3 is 0 Å². The summed E-state index contributed by atoms with van der Waals surface area (Å²) in [5.74, 6) is -0.283. The lowest BCUT2D eigenvalue weighted by Crippen LogP contribution is -2.27. The third kappa shape index (κ3) is 2.45. The molecule has 5 heteroatoms. The summed E-state index contributed by atoms with van der Waals surface area (Å²) in [7, 11) is 0. The van der Waals surface area contributed by atoms with Crippen molar-refractivity contribution in [2.24, 2.45) is 0 Å². The van der Waals surface area contributed by atoms with Crippen LogP contribution in [0.25, 0.3) is 10.9 Å². The largest absolute Gasteiger partial charge is 0.325 e. The Hall–Kier alpha value is -3.21. The molecule has 2 aromatic carbocycles. The van der Waals surface area contributed by atoms with E-state index in [9.17, 15) is 9.59 Å². The summed E-state index contributed by atoms with van der Waals surface area (Å²) in [5.41, 5.74) is 2.87. The van der Waals surface area contributed by atoms with Gasteiger partial charge in [0.05, 0.1) is 16.6 Å². The fraction of sp³-hybridized carbons (Fsp3) is 0.150. The van der Waals surface area contributed by atoms with Crippen LogP contribution in [0.4, 0.5) is 11.4 Å². The zero-order valence-corrected chi connectivity index (χ0v) is 14.0. The number of nitrogens with one attached hydrogen (secondary N) is 2. The van der Waals surface area contributed by atoms with E-state index in [1.165, 1.54) is 0 Å². The highest BCUT2D eigenvalue weighted by molar-refractivity contribution is 6.10. The van der Waals surface area contributed by atoms with Crippen LogP contribution in [0, 0.1) is 0 Å². The van der Waals surface area contributed by atoms with Gasteiger partial charge in [-0.25, -0.2) is 0 Å². The molecule has 2 heterocycles. The maximum absolute atomic E-state index is 12.7. The minimum Gasteiger partial charge on any atom is -0.325 e. The molecule has 2 amide bonds. The number of nitrogens with zero attached hydrogens (tertiary/aromatic N) is 1. The Morgan fingerprint density at radius 1 is 1.12 bits per heavy atom. The monoisotopic (exact) mass is 331 g/mol. The van der Waals surface area contributed by atoms with Crippen molar-refractivity contribution < 1.29 is 9.59 Å². The predicted molar refractivity (Wildman–Crippen MR) is 97.8 cm³/mol. The standard InChI is InChI=1S/C20H17N3O2/c1-20(2)14-11-13(8-9-15(14)23-19(20)25)18(24)22-16-7-3-5-12-6-4-10-21-17(12)16/h3-11H,1-2H3,(H,22,24)(H,23,25). The average Bonchev–Trinajstić information content (AvgIpc) is 2.84. The van der Waals surface area contributed by atoms with Gasteiger partial charge in [0.2, 0.25) is 5.91 Å². The zero-order valence-electron chi connectivity index (χ0n) is 14.0. The van der Waals surface area contributed by atoms with Gasteiger partial charge in [-0.1, -0.05) is 18.2 Å². The van der Waals surface area contributed by atoms with E-state index in [1.54, 1.807) is 24.4 Å². The molecule has 124 valence electrons.